The summed E-state index contributed by atoms with van der Waals surface area (Å²) in [6.45, 7) is 8.79. The molecule has 1 aliphatic heterocycles. The quantitative estimate of drug-likeness (QED) is 0.526. The van der Waals surface area contributed by atoms with Gasteiger partial charge in [0.1, 0.15) is 6.61 Å². The van der Waals surface area contributed by atoms with Crippen LogP contribution in [0.1, 0.15) is 34.1 Å². The molecule has 0 bridgehead atoms. The first-order valence-electron chi connectivity index (χ1n) is 5.31. The van der Waals surface area contributed by atoms with Crippen molar-refractivity contribution in [1.29, 1.82) is 0 Å². The van der Waals surface area contributed by atoms with E-state index in [2.05, 4.69) is 5.92 Å². The van der Waals surface area contributed by atoms with Crippen LogP contribution in [-0.2, 0) is 9.94 Å². The van der Waals surface area contributed by atoms with Crippen LogP contribution in [0.2, 0.25) is 0 Å². The molecule has 0 aliphatic carbocycles. The van der Waals surface area contributed by atoms with Gasteiger partial charge in [0.2, 0.25) is 0 Å². The van der Waals surface area contributed by atoms with Crippen LogP contribution in [0.15, 0.2) is 0 Å². The van der Waals surface area contributed by atoms with Crippen LogP contribution in [0.25, 0.3) is 0 Å². The topological polar surface area (TPSA) is 32.4 Å². The average molecular weight is 210 g/mol. The number of terminal acetylenes is 1. The highest BCUT2D eigenvalue weighted by atomic mass is 16.5. The summed E-state index contributed by atoms with van der Waals surface area (Å²) >= 11 is 0. The van der Waals surface area contributed by atoms with Gasteiger partial charge < -0.3 is 4.74 Å². The average Bonchev–Trinajstić information content (AvgIpc) is 2.28. The van der Waals surface area contributed by atoms with E-state index in [1.54, 1.807) is 0 Å². The molecular formula is C12H20NO2. The van der Waals surface area contributed by atoms with Crippen molar-refractivity contribution < 1.29 is 9.94 Å². The van der Waals surface area contributed by atoms with Crippen molar-refractivity contribution in [2.45, 2.75) is 45.2 Å². The molecule has 1 atom stereocenters. The lowest BCUT2D eigenvalue weighted by molar-refractivity contribution is -0.249. The maximum atomic E-state index is 12.0. The second kappa shape index (κ2) is 4.13. The fraction of sp³-hybridized carbons (Fsp3) is 0.833. The van der Waals surface area contributed by atoms with Crippen LogP contribution >= 0.6 is 0 Å². The Balaban J connectivity index is 2.64. The lowest BCUT2D eigenvalue weighted by Gasteiger charge is -2.33. The van der Waals surface area contributed by atoms with E-state index in [0.717, 1.165) is 6.42 Å². The standard InChI is InChI=1S/C12H20NO2/c1-6-7-15-9-10-8-11(2,3)13(14)12(10,4)5/h1,10H,7-9H2,2-5H3. The Kier molecular flexibility index (Phi) is 3.44. The Morgan fingerprint density at radius 2 is 2.07 bits per heavy atom. The van der Waals surface area contributed by atoms with Crippen molar-refractivity contribution >= 4 is 0 Å². The van der Waals surface area contributed by atoms with Crippen molar-refractivity contribution in [2.24, 2.45) is 5.92 Å². The Morgan fingerprint density at radius 3 is 2.47 bits per heavy atom. The zero-order chi connectivity index (χ0) is 11.7. The summed E-state index contributed by atoms with van der Waals surface area (Å²) in [6.07, 6.45) is 5.97. The Hall–Kier alpha value is -0.560. The van der Waals surface area contributed by atoms with Gasteiger partial charge in [-0.2, -0.15) is 0 Å². The lowest BCUT2D eigenvalue weighted by Crippen LogP contribution is -2.46. The highest BCUT2D eigenvalue weighted by Gasteiger charge is 2.52. The summed E-state index contributed by atoms with van der Waals surface area (Å²) < 4.78 is 5.34. The van der Waals surface area contributed by atoms with Crippen molar-refractivity contribution in [3.63, 3.8) is 0 Å². The van der Waals surface area contributed by atoms with Crippen LogP contribution < -0.4 is 0 Å². The van der Waals surface area contributed by atoms with Gasteiger partial charge in [-0.25, -0.2) is 0 Å². The van der Waals surface area contributed by atoms with Crippen molar-refractivity contribution in [3.8, 4) is 12.3 Å². The first kappa shape index (κ1) is 12.5. The molecule has 1 unspecified atom stereocenters. The monoisotopic (exact) mass is 210 g/mol. The van der Waals surface area contributed by atoms with Gasteiger partial charge in [0, 0.05) is 17.0 Å². The van der Waals surface area contributed by atoms with Crippen molar-refractivity contribution in [2.75, 3.05) is 13.2 Å². The fourth-order valence-corrected chi connectivity index (χ4v) is 2.40. The highest BCUT2D eigenvalue weighted by molar-refractivity contribution is 5.01. The SMILES string of the molecule is C#CCOCC1CC(C)(C)N([O])C1(C)C. The minimum absolute atomic E-state index is 0.248. The zero-order valence-electron chi connectivity index (χ0n) is 10.0. The Morgan fingerprint density at radius 1 is 1.47 bits per heavy atom. The third-order valence-corrected chi connectivity index (χ3v) is 3.32. The molecule has 0 aromatic heterocycles. The lowest BCUT2D eigenvalue weighted by atomic mass is 9.88. The number of rotatable bonds is 3. The maximum Gasteiger partial charge on any atom is 0.107 e. The molecule has 1 rings (SSSR count). The summed E-state index contributed by atoms with van der Waals surface area (Å²) in [7, 11) is 0. The van der Waals surface area contributed by atoms with Crippen molar-refractivity contribution in [3.05, 3.63) is 0 Å². The van der Waals surface area contributed by atoms with Crippen LogP contribution in [-0.4, -0.2) is 29.4 Å². The predicted molar refractivity (Wildman–Crippen MR) is 58.4 cm³/mol. The van der Waals surface area contributed by atoms with Crippen LogP contribution in [0.5, 0.6) is 0 Å². The summed E-state index contributed by atoms with van der Waals surface area (Å²) in [5.74, 6) is 2.69. The van der Waals surface area contributed by atoms with E-state index in [1.165, 1.54) is 5.06 Å². The maximum absolute atomic E-state index is 12.0. The first-order valence-corrected chi connectivity index (χ1v) is 5.31. The van der Waals surface area contributed by atoms with Gasteiger partial charge in [0.15, 0.2) is 0 Å². The summed E-state index contributed by atoms with van der Waals surface area (Å²) in [5, 5.41) is 13.2. The molecule has 1 heterocycles. The van der Waals surface area contributed by atoms with E-state index in [1.807, 2.05) is 27.7 Å². The normalized spacial score (nSPS) is 28.9. The van der Waals surface area contributed by atoms with Crippen LogP contribution in [0.3, 0.4) is 0 Å². The highest BCUT2D eigenvalue weighted by Crippen LogP contribution is 2.43. The minimum Gasteiger partial charge on any atom is -0.368 e. The molecule has 1 radical (unpaired) electrons. The molecule has 0 spiro atoms. The molecule has 0 aromatic rings. The molecular weight excluding hydrogens is 190 g/mol. The molecule has 15 heavy (non-hydrogen) atoms. The van der Waals surface area contributed by atoms with E-state index in [4.69, 9.17) is 11.2 Å². The molecule has 1 saturated heterocycles. The molecule has 0 saturated carbocycles. The third kappa shape index (κ3) is 2.34. The number of ether oxygens (including phenoxy) is 1. The second-order valence-electron chi connectivity index (χ2n) is 5.38. The number of hydrogen-bond acceptors (Lipinski definition) is 2. The summed E-state index contributed by atoms with van der Waals surface area (Å²) in [4.78, 5) is 0. The number of nitrogens with zero attached hydrogens (tertiary/aromatic N) is 1. The third-order valence-electron chi connectivity index (χ3n) is 3.32. The van der Waals surface area contributed by atoms with Gasteiger partial charge in [-0.3, -0.25) is 0 Å². The van der Waals surface area contributed by atoms with Gasteiger partial charge in [-0.05, 0) is 34.1 Å². The van der Waals surface area contributed by atoms with Gasteiger partial charge >= 0.3 is 0 Å². The van der Waals surface area contributed by atoms with E-state index in [0.29, 0.717) is 13.2 Å². The molecule has 3 heteroatoms. The van der Waals surface area contributed by atoms with Gasteiger partial charge in [0.05, 0.1) is 6.61 Å². The predicted octanol–water partition coefficient (Wildman–Crippen LogP) is 1.86. The largest absolute Gasteiger partial charge is 0.368 e. The van der Waals surface area contributed by atoms with Crippen LogP contribution in [0, 0.1) is 18.3 Å². The molecule has 0 aromatic carbocycles. The van der Waals surface area contributed by atoms with Crippen molar-refractivity contribution in [1.82, 2.24) is 5.06 Å². The zero-order valence-corrected chi connectivity index (χ0v) is 10.0. The molecule has 1 aliphatic rings. The first-order chi connectivity index (χ1) is 6.82. The molecule has 3 nitrogen and oxygen atoms in total. The van der Waals surface area contributed by atoms with Gasteiger partial charge in [0.25, 0.3) is 0 Å². The molecule has 85 valence electrons. The number of hydroxylamine groups is 2. The molecule has 0 amide bonds. The van der Waals surface area contributed by atoms with Crippen LogP contribution in [0.4, 0.5) is 0 Å². The summed E-state index contributed by atoms with van der Waals surface area (Å²) in [6, 6.07) is 0. The molecule has 0 N–H and O–H groups in total. The van der Waals surface area contributed by atoms with Gasteiger partial charge in [-0.1, -0.05) is 5.92 Å². The van der Waals surface area contributed by atoms with E-state index < -0.39 is 0 Å². The van der Waals surface area contributed by atoms with E-state index in [-0.39, 0.29) is 17.0 Å². The number of hydrogen-bond donors (Lipinski definition) is 0. The van der Waals surface area contributed by atoms with Gasteiger partial charge in [-0.15, -0.1) is 16.7 Å². The fourth-order valence-electron chi connectivity index (χ4n) is 2.40. The smallest absolute Gasteiger partial charge is 0.107 e. The van der Waals surface area contributed by atoms with E-state index >= 15 is 0 Å². The second-order valence-corrected chi connectivity index (χ2v) is 5.38. The minimum atomic E-state index is -0.363. The summed E-state index contributed by atoms with van der Waals surface area (Å²) in [5.41, 5.74) is -0.661. The Labute approximate surface area is 92.4 Å². The van der Waals surface area contributed by atoms with E-state index in [9.17, 15) is 5.21 Å². The Bertz CT molecular complexity index is 265. The molecule has 1 fully saturated rings.